The quantitative estimate of drug-likeness (QED) is 0.758. The first-order chi connectivity index (χ1) is 7.76. The molecule has 1 amide bonds. The monoisotopic (exact) mass is 234 g/mol. The number of hydrogen-bond acceptors (Lipinski definition) is 3. The van der Waals surface area contributed by atoms with E-state index in [2.05, 4.69) is 0 Å². The van der Waals surface area contributed by atoms with Gasteiger partial charge in [0, 0.05) is 5.92 Å². The number of rotatable bonds is 4. The highest BCUT2D eigenvalue weighted by molar-refractivity contribution is 6.11. The van der Waals surface area contributed by atoms with E-state index in [4.69, 9.17) is 11.5 Å². The molecule has 2 atom stereocenters. The molecule has 1 unspecified atom stereocenters. The Morgan fingerprint density at radius 3 is 2.12 bits per heavy atom. The van der Waals surface area contributed by atoms with Crippen LogP contribution >= 0.6 is 0 Å². The molecular weight excluding hydrogens is 216 g/mol. The highest BCUT2D eigenvalue weighted by atomic mass is 16.2. The van der Waals surface area contributed by atoms with Gasteiger partial charge in [-0.1, -0.05) is 36.8 Å². The Hall–Kier alpha value is -1.68. The highest BCUT2D eigenvalue weighted by Crippen LogP contribution is 2.21. The Morgan fingerprint density at radius 1 is 1.24 bits per heavy atom. The number of hydrogen-bond donors (Lipinski definition) is 2. The van der Waals surface area contributed by atoms with Gasteiger partial charge in [-0.2, -0.15) is 0 Å². The van der Waals surface area contributed by atoms with E-state index in [9.17, 15) is 9.59 Å². The van der Waals surface area contributed by atoms with Crippen LogP contribution < -0.4 is 11.5 Å². The summed E-state index contributed by atoms with van der Waals surface area (Å²) in [7, 11) is 0. The van der Waals surface area contributed by atoms with Crippen molar-refractivity contribution in [3.05, 3.63) is 35.4 Å². The van der Waals surface area contributed by atoms with E-state index >= 15 is 0 Å². The van der Waals surface area contributed by atoms with Gasteiger partial charge in [0.1, 0.15) is 0 Å². The first-order valence-corrected chi connectivity index (χ1v) is 5.46. The van der Waals surface area contributed by atoms with Crippen molar-refractivity contribution < 1.29 is 9.59 Å². The summed E-state index contributed by atoms with van der Waals surface area (Å²) in [5.74, 6) is -1.62. The van der Waals surface area contributed by atoms with E-state index in [-0.39, 0.29) is 5.78 Å². The van der Waals surface area contributed by atoms with Gasteiger partial charge in [-0.3, -0.25) is 9.59 Å². The van der Waals surface area contributed by atoms with Crippen molar-refractivity contribution in [2.24, 2.45) is 11.5 Å². The fraction of sp³-hybridized carbons (Fsp3) is 0.385. The molecule has 0 bridgehead atoms. The van der Waals surface area contributed by atoms with Crippen molar-refractivity contribution in [1.29, 1.82) is 0 Å². The molecule has 1 aromatic carbocycles. The van der Waals surface area contributed by atoms with Crippen LogP contribution in [0, 0.1) is 6.92 Å². The van der Waals surface area contributed by atoms with E-state index in [1.54, 1.807) is 6.92 Å². The minimum Gasteiger partial charge on any atom is -0.368 e. The number of carbonyl (C=O) groups is 2. The first-order valence-electron chi connectivity index (χ1n) is 5.46. The van der Waals surface area contributed by atoms with Crippen LogP contribution in [-0.4, -0.2) is 17.2 Å². The molecule has 0 heterocycles. The molecule has 0 aromatic heterocycles. The van der Waals surface area contributed by atoms with Crippen LogP contribution in [0.5, 0.6) is 0 Å². The molecule has 0 radical (unpaired) electrons. The summed E-state index contributed by atoms with van der Waals surface area (Å²) in [6.07, 6.45) is 0. The first kappa shape index (κ1) is 13.4. The molecule has 0 spiro atoms. The van der Waals surface area contributed by atoms with Crippen molar-refractivity contribution in [2.45, 2.75) is 32.2 Å². The fourth-order valence-corrected chi connectivity index (χ4v) is 1.58. The average Bonchev–Trinajstić information content (AvgIpc) is 2.27. The minimum atomic E-state index is -1.62. The normalized spacial score (nSPS) is 16.0. The number of Topliss-reactive ketones (excluding diaryl/α,β-unsaturated/α-hetero) is 1. The lowest BCUT2D eigenvalue weighted by molar-refractivity contribution is -0.134. The third-order valence-corrected chi connectivity index (χ3v) is 2.99. The van der Waals surface area contributed by atoms with E-state index in [1.165, 1.54) is 6.92 Å². The zero-order valence-electron chi connectivity index (χ0n) is 10.4. The summed E-state index contributed by atoms with van der Waals surface area (Å²) in [5, 5.41) is 0. The van der Waals surface area contributed by atoms with Gasteiger partial charge in [-0.25, -0.2) is 0 Å². The van der Waals surface area contributed by atoms with Crippen LogP contribution in [-0.2, 0) is 9.59 Å². The van der Waals surface area contributed by atoms with Crippen molar-refractivity contribution in [3.8, 4) is 0 Å². The predicted molar refractivity (Wildman–Crippen MR) is 66.4 cm³/mol. The van der Waals surface area contributed by atoms with Crippen LogP contribution in [0.15, 0.2) is 24.3 Å². The molecular formula is C13H18N2O2. The number of ketones is 1. The predicted octanol–water partition coefficient (Wildman–Crippen LogP) is 0.870. The third kappa shape index (κ3) is 2.71. The Kier molecular flexibility index (Phi) is 3.68. The van der Waals surface area contributed by atoms with Gasteiger partial charge in [0.05, 0.1) is 0 Å². The van der Waals surface area contributed by atoms with Gasteiger partial charge in [-0.15, -0.1) is 0 Å². The number of carbonyl (C=O) groups excluding carboxylic acids is 2. The number of nitrogens with two attached hydrogens (primary N) is 2. The van der Waals surface area contributed by atoms with Crippen LogP contribution in [0.2, 0.25) is 0 Å². The fourth-order valence-electron chi connectivity index (χ4n) is 1.58. The number of primary amides is 1. The van der Waals surface area contributed by atoms with E-state index in [0.717, 1.165) is 11.1 Å². The maximum Gasteiger partial charge on any atom is 0.244 e. The second-order valence-corrected chi connectivity index (χ2v) is 4.56. The lowest BCUT2D eigenvalue weighted by atomic mass is 9.84. The van der Waals surface area contributed by atoms with Crippen LogP contribution in [0.4, 0.5) is 0 Å². The maximum atomic E-state index is 12.1. The molecule has 0 aliphatic rings. The maximum absolute atomic E-state index is 12.1. The standard InChI is InChI=1S/C13H18N2O2/c1-8-4-6-10(7-5-8)9(2)11(16)13(3,15)12(14)17/h4-7,9H,15H2,1-3H3,(H2,14,17)/t9?,13-/m1/s1. The number of aryl methyl sites for hydroxylation is 1. The third-order valence-electron chi connectivity index (χ3n) is 2.99. The van der Waals surface area contributed by atoms with Crippen LogP contribution in [0.1, 0.15) is 30.9 Å². The summed E-state index contributed by atoms with van der Waals surface area (Å²) in [5.41, 5.74) is 11.1. The van der Waals surface area contributed by atoms with Crippen molar-refractivity contribution in [1.82, 2.24) is 0 Å². The molecule has 0 aliphatic heterocycles. The zero-order valence-corrected chi connectivity index (χ0v) is 10.4. The molecule has 4 N–H and O–H groups in total. The lowest BCUT2D eigenvalue weighted by Gasteiger charge is -2.23. The molecule has 0 aliphatic carbocycles. The highest BCUT2D eigenvalue weighted by Gasteiger charge is 2.37. The summed E-state index contributed by atoms with van der Waals surface area (Å²) >= 11 is 0. The van der Waals surface area contributed by atoms with E-state index in [1.807, 2.05) is 31.2 Å². The van der Waals surface area contributed by atoms with Crippen molar-refractivity contribution in [3.63, 3.8) is 0 Å². The van der Waals surface area contributed by atoms with Gasteiger partial charge >= 0.3 is 0 Å². The van der Waals surface area contributed by atoms with Crippen molar-refractivity contribution >= 4 is 11.7 Å². The second-order valence-electron chi connectivity index (χ2n) is 4.56. The van der Waals surface area contributed by atoms with Gasteiger partial charge in [0.25, 0.3) is 0 Å². The average molecular weight is 234 g/mol. The largest absolute Gasteiger partial charge is 0.368 e. The molecule has 0 fully saturated rings. The molecule has 0 saturated carbocycles. The van der Waals surface area contributed by atoms with Crippen molar-refractivity contribution in [2.75, 3.05) is 0 Å². The summed E-state index contributed by atoms with van der Waals surface area (Å²) in [6.45, 7) is 5.04. The molecule has 4 heteroatoms. The van der Waals surface area contributed by atoms with Gasteiger partial charge < -0.3 is 11.5 Å². The van der Waals surface area contributed by atoms with Gasteiger partial charge in [0.2, 0.25) is 5.91 Å². The number of benzene rings is 1. The van der Waals surface area contributed by atoms with Crippen LogP contribution in [0.25, 0.3) is 0 Å². The minimum absolute atomic E-state index is 0.367. The molecule has 17 heavy (non-hydrogen) atoms. The Bertz CT molecular complexity index is 435. The smallest absolute Gasteiger partial charge is 0.244 e. The summed E-state index contributed by atoms with van der Waals surface area (Å²) < 4.78 is 0. The lowest BCUT2D eigenvalue weighted by Crippen LogP contribution is -2.57. The summed E-state index contributed by atoms with van der Waals surface area (Å²) in [4.78, 5) is 23.2. The molecule has 1 rings (SSSR count). The SMILES string of the molecule is Cc1ccc(C(C)C(=O)[C@@](C)(N)C(N)=O)cc1. The molecule has 1 aromatic rings. The van der Waals surface area contributed by atoms with E-state index in [0.29, 0.717) is 0 Å². The van der Waals surface area contributed by atoms with E-state index < -0.39 is 17.4 Å². The van der Waals surface area contributed by atoms with Gasteiger partial charge in [0.15, 0.2) is 11.3 Å². The summed E-state index contributed by atoms with van der Waals surface area (Å²) in [6, 6.07) is 7.54. The Morgan fingerprint density at radius 2 is 1.71 bits per heavy atom. The topological polar surface area (TPSA) is 86.2 Å². The second kappa shape index (κ2) is 4.67. The van der Waals surface area contributed by atoms with Crippen LogP contribution in [0.3, 0.4) is 0 Å². The van der Waals surface area contributed by atoms with Gasteiger partial charge in [-0.05, 0) is 19.4 Å². The number of amides is 1. The zero-order chi connectivity index (χ0) is 13.2. The molecule has 0 saturated heterocycles. The Balaban J connectivity index is 2.98. The molecule has 4 nitrogen and oxygen atoms in total. The molecule has 92 valence electrons. The Labute approximate surface area is 101 Å².